The molecule has 1 heterocycles. The van der Waals surface area contributed by atoms with Crippen LogP contribution in [0.5, 0.6) is 0 Å². The van der Waals surface area contributed by atoms with Gasteiger partial charge in [-0.05, 0) is 6.42 Å². The van der Waals surface area contributed by atoms with Crippen LogP contribution < -0.4 is 11.1 Å². The molecule has 1 aromatic heterocycles. The van der Waals surface area contributed by atoms with E-state index in [0.29, 0.717) is 17.5 Å². The summed E-state index contributed by atoms with van der Waals surface area (Å²) in [6.45, 7) is 2.05. The average molecular weight is 258 g/mol. The van der Waals surface area contributed by atoms with E-state index < -0.39 is 0 Å². The van der Waals surface area contributed by atoms with E-state index in [1.54, 1.807) is 6.07 Å². The first-order valence-electron chi connectivity index (χ1n) is 6.30. The second-order valence-electron chi connectivity index (χ2n) is 4.30. The van der Waals surface area contributed by atoms with Gasteiger partial charge in [0.1, 0.15) is 11.6 Å². The zero-order chi connectivity index (χ0) is 13.7. The van der Waals surface area contributed by atoms with E-state index in [1.165, 1.54) is 0 Å². The van der Waals surface area contributed by atoms with Gasteiger partial charge in [-0.25, -0.2) is 9.97 Å². The van der Waals surface area contributed by atoms with Crippen molar-refractivity contribution in [2.45, 2.75) is 19.4 Å². The number of hydrogen-bond donors (Lipinski definition) is 3. The summed E-state index contributed by atoms with van der Waals surface area (Å²) in [5.74, 6) is 1.62. The van der Waals surface area contributed by atoms with Crippen molar-refractivity contribution in [2.75, 3.05) is 17.7 Å². The van der Waals surface area contributed by atoms with Gasteiger partial charge in [0.05, 0.1) is 12.6 Å². The van der Waals surface area contributed by atoms with Gasteiger partial charge in [-0.1, -0.05) is 37.3 Å². The van der Waals surface area contributed by atoms with Crippen molar-refractivity contribution in [3.63, 3.8) is 0 Å². The number of nitrogen functional groups attached to an aromatic ring is 1. The Morgan fingerprint density at radius 2 is 2.00 bits per heavy atom. The van der Waals surface area contributed by atoms with Crippen LogP contribution in [0.25, 0.3) is 11.4 Å². The third-order valence-electron chi connectivity index (χ3n) is 2.84. The molecule has 2 rings (SSSR count). The summed E-state index contributed by atoms with van der Waals surface area (Å²) in [6, 6.07) is 11.3. The van der Waals surface area contributed by atoms with Crippen molar-refractivity contribution >= 4 is 11.6 Å². The number of anilines is 2. The van der Waals surface area contributed by atoms with Gasteiger partial charge in [0.25, 0.3) is 0 Å². The number of benzene rings is 1. The zero-order valence-corrected chi connectivity index (χ0v) is 10.9. The molecule has 19 heavy (non-hydrogen) atoms. The molecule has 0 amide bonds. The van der Waals surface area contributed by atoms with Gasteiger partial charge in [-0.2, -0.15) is 0 Å². The Hall–Kier alpha value is -2.14. The molecule has 100 valence electrons. The number of aromatic nitrogens is 2. The first-order valence-corrected chi connectivity index (χ1v) is 6.30. The van der Waals surface area contributed by atoms with Crippen LogP contribution in [0.3, 0.4) is 0 Å². The SMILES string of the molecule is CCC(CO)Nc1cc(N)nc(-c2ccccc2)n1. The topological polar surface area (TPSA) is 84.1 Å². The normalized spacial score (nSPS) is 12.1. The first kappa shape index (κ1) is 13.3. The monoisotopic (exact) mass is 258 g/mol. The number of rotatable bonds is 5. The molecule has 5 nitrogen and oxygen atoms in total. The molecule has 0 spiro atoms. The van der Waals surface area contributed by atoms with E-state index in [4.69, 9.17) is 5.73 Å². The van der Waals surface area contributed by atoms with E-state index in [-0.39, 0.29) is 12.6 Å². The maximum atomic E-state index is 9.21. The minimum atomic E-state index is -0.0297. The minimum absolute atomic E-state index is 0.0297. The van der Waals surface area contributed by atoms with E-state index in [1.807, 2.05) is 37.3 Å². The fourth-order valence-electron chi connectivity index (χ4n) is 1.74. The molecule has 5 heteroatoms. The molecule has 0 aliphatic carbocycles. The number of aliphatic hydroxyl groups is 1. The molecule has 1 atom stereocenters. The Morgan fingerprint density at radius 3 is 2.63 bits per heavy atom. The van der Waals surface area contributed by atoms with Gasteiger partial charge < -0.3 is 16.2 Å². The van der Waals surface area contributed by atoms with Crippen LogP contribution >= 0.6 is 0 Å². The molecule has 4 N–H and O–H groups in total. The summed E-state index contributed by atoms with van der Waals surface area (Å²) >= 11 is 0. The molecular formula is C14H18N4O. The van der Waals surface area contributed by atoms with Crippen LogP contribution in [0.1, 0.15) is 13.3 Å². The maximum Gasteiger partial charge on any atom is 0.163 e. The van der Waals surface area contributed by atoms with Gasteiger partial charge >= 0.3 is 0 Å². The highest BCUT2D eigenvalue weighted by molar-refractivity contribution is 5.60. The maximum absolute atomic E-state index is 9.21. The quantitative estimate of drug-likeness (QED) is 0.763. The van der Waals surface area contributed by atoms with Crippen molar-refractivity contribution in [1.29, 1.82) is 0 Å². The molecule has 1 aromatic carbocycles. The van der Waals surface area contributed by atoms with E-state index in [2.05, 4.69) is 15.3 Å². The third kappa shape index (κ3) is 3.42. The standard InChI is InChI=1S/C14H18N4O/c1-2-11(9-19)16-13-8-12(15)17-14(18-13)10-6-4-3-5-7-10/h3-8,11,19H,2,9H2,1H3,(H3,15,16,17,18). The lowest BCUT2D eigenvalue weighted by molar-refractivity contribution is 0.271. The van der Waals surface area contributed by atoms with Gasteiger partial charge in [0.15, 0.2) is 5.82 Å². The zero-order valence-electron chi connectivity index (χ0n) is 10.9. The van der Waals surface area contributed by atoms with Crippen molar-refractivity contribution in [2.24, 2.45) is 0 Å². The van der Waals surface area contributed by atoms with Crippen LogP contribution in [0.15, 0.2) is 36.4 Å². The summed E-state index contributed by atoms with van der Waals surface area (Å²) in [6.07, 6.45) is 0.807. The van der Waals surface area contributed by atoms with Gasteiger partial charge in [0.2, 0.25) is 0 Å². The molecule has 0 aliphatic heterocycles. The van der Waals surface area contributed by atoms with E-state index in [9.17, 15) is 5.11 Å². The molecule has 2 aromatic rings. The Labute approximate surface area is 112 Å². The molecule has 0 fully saturated rings. The van der Waals surface area contributed by atoms with Crippen molar-refractivity contribution in [1.82, 2.24) is 9.97 Å². The van der Waals surface area contributed by atoms with Crippen LogP contribution in [0.4, 0.5) is 11.6 Å². The van der Waals surface area contributed by atoms with Gasteiger partial charge in [-0.15, -0.1) is 0 Å². The van der Waals surface area contributed by atoms with Crippen molar-refractivity contribution in [3.05, 3.63) is 36.4 Å². The number of nitrogens with one attached hydrogen (secondary N) is 1. The fourth-order valence-corrected chi connectivity index (χ4v) is 1.74. The van der Waals surface area contributed by atoms with Crippen molar-refractivity contribution in [3.8, 4) is 11.4 Å². The average Bonchev–Trinajstić information content (AvgIpc) is 2.45. The highest BCUT2D eigenvalue weighted by Crippen LogP contribution is 2.19. The van der Waals surface area contributed by atoms with Crippen LogP contribution in [0, 0.1) is 0 Å². The van der Waals surface area contributed by atoms with E-state index in [0.717, 1.165) is 12.0 Å². The largest absolute Gasteiger partial charge is 0.394 e. The van der Waals surface area contributed by atoms with Crippen molar-refractivity contribution < 1.29 is 5.11 Å². The third-order valence-corrected chi connectivity index (χ3v) is 2.84. The van der Waals surface area contributed by atoms with Gasteiger partial charge in [-0.3, -0.25) is 0 Å². The predicted molar refractivity (Wildman–Crippen MR) is 76.7 cm³/mol. The molecule has 1 unspecified atom stereocenters. The highest BCUT2D eigenvalue weighted by Gasteiger charge is 2.08. The smallest absolute Gasteiger partial charge is 0.163 e. The Balaban J connectivity index is 2.30. The summed E-state index contributed by atoms with van der Waals surface area (Å²) in [4.78, 5) is 8.65. The second-order valence-corrected chi connectivity index (χ2v) is 4.30. The van der Waals surface area contributed by atoms with Crippen LogP contribution in [-0.2, 0) is 0 Å². The lowest BCUT2D eigenvalue weighted by Crippen LogP contribution is -2.23. The van der Waals surface area contributed by atoms with Gasteiger partial charge in [0, 0.05) is 11.6 Å². The number of aliphatic hydroxyl groups excluding tert-OH is 1. The number of hydrogen-bond acceptors (Lipinski definition) is 5. The highest BCUT2D eigenvalue weighted by atomic mass is 16.3. The summed E-state index contributed by atoms with van der Waals surface area (Å²) in [7, 11) is 0. The second kappa shape index (κ2) is 6.15. The molecule has 0 saturated heterocycles. The molecule has 0 radical (unpaired) electrons. The van der Waals surface area contributed by atoms with Crippen LogP contribution in [-0.4, -0.2) is 27.7 Å². The Bertz CT molecular complexity index is 526. The molecule has 0 bridgehead atoms. The number of nitrogens with zero attached hydrogens (tertiary/aromatic N) is 2. The first-order chi connectivity index (χ1) is 9.22. The lowest BCUT2D eigenvalue weighted by atomic mass is 10.2. The number of nitrogens with two attached hydrogens (primary N) is 1. The Kier molecular flexibility index (Phi) is 4.30. The van der Waals surface area contributed by atoms with E-state index >= 15 is 0 Å². The summed E-state index contributed by atoms with van der Waals surface area (Å²) < 4.78 is 0. The van der Waals surface area contributed by atoms with Crippen LogP contribution in [0.2, 0.25) is 0 Å². The molecular weight excluding hydrogens is 240 g/mol. The lowest BCUT2D eigenvalue weighted by Gasteiger charge is -2.15. The summed E-state index contributed by atoms with van der Waals surface area (Å²) in [5.41, 5.74) is 6.71. The molecule has 0 saturated carbocycles. The summed E-state index contributed by atoms with van der Waals surface area (Å²) in [5, 5.41) is 12.4. The fraction of sp³-hybridized carbons (Fsp3) is 0.286. The minimum Gasteiger partial charge on any atom is -0.394 e. The predicted octanol–water partition coefficient (Wildman–Crippen LogP) is 1.91. The Morgan fingerprint density at radius 1 is 1.26 bits per heavy atom. The molecule has 0 aliphatic rings.